The average Bonchev–Trinajstić information content (AvgIpc) is 2.67. The minimum atomic E-state index is -0.373. The monoisotopic (exact) mass is 396 g/mol. The van der Waals surface area contributed by atoms with Crippen LogP contribution in [0.1, 0.15) is 39.0 Å². The second-order valence-corrected chi connectivity index (χ2v) is 6.52. The van der Waals surface area contributed by atoms with E-state index in [4.69, 9.17) is 0 Å². The van der Waals surface area contributed by atoms with Crippen LogP contribution in [-0.4, -0.2) is 57.8 Å². The summed E-state index contributed by atoms with van der Waals surface area (Å²) in [6, 6.07) is -0.0321. The van der Waals surface area contributed by atoms with Crippen molar-refractivity contribution in [2.24, 2.45) is 0 Å². The van der Waals surface area contributed by atoms with E-state index >= 15 is 0 Å². The zero-order valence-corrected chi connectivity index (χ0v) is 16.9. The van der Waals surface area contributed by atoms with Gasteiger partial charge in [0.15, 0.2) is 11.6 Å². The number of nitrogens with one attached hydrogen (secondary N) is 4. The van der Waals surface area contributed by atoms with Gasteiger partial charge >= 0.3 is 0 Å². The number of aliphatic hydroxyl groups is 1. The van der Waals surface area contributed by atoms with Crippen LogP contribution in [0, 0.1) is 0 Å². The van der Waals surface area contributed by atoms with Crippen LogP contribution in [0.25, 0.3) is 11.0 Å². The molecule has 0 radical (unpaired) electrons. The number of anilines is 4. The summed E-state index contributed by atoms with van der Waals surface area (Å²) >= 11 is 0. The third-order valence-corrected chi connectivity index (χ3v) is 4.59. The molecule has 3 rings (SSSR count). The van der Waals surface area contributed by atoms with Crippen LogP contribution in [0.3, 0.4) is 0 Å². The predicted molar refractivity (Wildman–Crippen MR) is 112 cm³/mol. The molecule has 9 nitrogen and oxygen atoms in total. The molecule has 0 spiro atoms. The molecule has 2 aromatic rings. The SMILES string of the molecule is CCCNc1nc(NC)c2nc(N[C@H]3CCCC[C@@H]3O)nc(NC)c2n1.Cl. The van der Waals surface area contributed by atoms with E-state index in [0.29, 0.717) is 34.6 Å². The Balaban J connectivity index is 0.00000261. The van der Waals surface area contributed by atoms with Gasteiger partial charge in [0.25, 0.3) is 0 Å². The van der Waals surface area contributed by atoms with Crippen molar-refractivity contribution in [3.63, 3.8) is 0 Å². The number of fused-ring (bicyclic) bond motifs is 1. The van der Waals surface area contributed by atoms with Crippen molar-refractivity contribution in [3.05, 3.63) is 0 Å². The Kier molecular flexibility index (Phi) is 7.61. The molecule has 0 aromatic carbocycles. The second-order valence-electron chi connectivity index (χ2n) is 6.52. The number of hydrogen-bond acceptors (Lipinski definition) is 9. The number of hydrogen-bond donors (Lipinski definition) is 5. The van der Waals surface area contributed by atoms with Gasteiger partial charge in [-0.3, -0.25) is 0 Å². The first-order chi connectivity index (χ1) is 12.7. The molecular formula is C17H29ClN8O. The highest BCUT2D eigenvalue weighted by Crippen LogP contribution is 2.28. The Hall–Kier alpha value is -2.13. The van der Waals surface area contributed by atoms with Gasteiger partial charge in [0.2, 0.25) is 11.9 Å². The third kappa shape index (κ3) is 4.78. The number of nitrogens with zero attached hydrogens (tertiary/aromatic N) is 4. The Morgan fingerprint density at radius 2 is 1.52 bits per heavy atom. The lowest BCUT2D eigenvalue weighted by Crippen LogP contribution is -2.36. The maximum Gasteiger partial charge on any atom is 0.225 e. The highest BCUT2D eigenvalue weighted by molar-refractivity contribution is 5.94. The fraction of sp³-hybridized carbons (Fsp3) is 0.647. The van der Waals surface area contributed by atoms with E-state index in [0.717, 1.165) is 38.6 Å². The molecule has 2 atom stereocenters. The molecule has 5 N–H and O–H groups in total. The van der Waals surface area contributed by atoms with Gasteiger partial charge in [0.05, 0.1) is 12.1 Å². The van der Waals surface area contributed by atoms with E-state index in [9.17, 15) is 5.11 Å². The summed E-state index contributed by atoms with van der Waals surface area (Å²) in [6.07, 6.45) is 4.48. The average molecular weight is 397 g/mol. The predicted octanol–water partition coefficient (Wildman–Crippen LogP) is 2.46. The largest absolute Gasteiger partial charge is 0.391 e. The Labute approximate surface area is 165 Å². The van der Waals surface area contributed by atoms with E-state index in [1.54, 1.807) is 7.05 Å². The Morgan fingerprint density at radius 1 is 0.926 bits per heavy atom. The molecule has 27 heavy (non-hydrogen) atoms. The van der Waals surface area contributed by atoms with Gasteiger partial charge in [-0.25, -0.2) is 9.97 Å². The Bertz CT molecular complexity index is 759. The lowest BCUT2D eigenvalue weighted by Gasteiger charge is -2.28. The normalized spacial score (nSPS) is 19.3. The minimum Gasteiger partial charge on any atom is -0.391 e. The standard InChI is InChI=1S/C17H28N8O.ClH/c1-4-9-20-16-22-12-13(14(18-2)24-16)23-17(25-15(12)19-3)21-10-7-5-6-8-11(10)26;/h10-11,26H,4-9H2,1-3H3,(H2,18,20,22,24)(H2,19,21,23,25);1H/t10-,11-;/m0./s1. The number of halogens is 1. The molecule has 2 heterocycles. The fourth-order valence-corrected chi connectivity index (χ4v) is 3.19. The van der Waals surface area contributed by atoms with Crippen molar-refractivity contribution in [3.8, 4) is 0 Å². The van der Waals surface area contributed by atoms with Gasteiger partial charge in [-0.1, -0.05) is 19.8 Å². The van der Waals surface area contributed by atoms with Crippen LogP contribution in [0.15, 0.2) is 0 Å². The van der Waals surface area contributed by atoms with E-state index in [2.05, 4.69) is 48.1 Å². The molecule has 150 valence electrons. The highest BCUT2D eigenvalue weighted by Gasteiger charge is 2.24. The molecule has 10 heteroatoms. The summed E-state index contributed by atoms with van der Waals surface area (Å²) in [7, 11) is 3.62. The molecule has 0 saturated heterocycles. The summed E-state index contributed by atoms with van der Waals surface area (Å²) in [5, 5.41) is 22.9. The summed E-state index contributed by atoms with van der Waals surface area (Å²) in [5.74, 6) is 2.29. The first-order valence-corrected chi connectivity index (χ1v) is 9.30. The van der Waals surface area contributed by atoms with Crippen LogP contribution in [0.2, 0.25) is 0 Å². The van der Waals surface area contributed by atoms with Crippen molar-refractivity contribution >= 4 is 47.0 Å². The van der Waals surface area contributed by atoms with Gasteiger partial charge in [0, 0.05) is 20.6 Å². The van der Waals surface area contributed by atoms with Crippen molar-refractivity contribution in [2.75, 3.05) is 41.9 Å². The minimum absolute atomic E-state index is 0. The first-order valence-electron chi connectivity index (χ1n) is 9.30. The summed E-state index contributed by atoms with van der Waals surface area (Å²) in [6.45, 7) is 2.89. The lowest BCUT2D eigenvalue weighted by molar-refractivity contribution is 0.116. The Morgan fingerprint density at radius 3 is 2.11 bits per heavy atom. The second kappa shape index (κ2) is 9.70. The van der Waals surface area contributed by atoms with Crippen LogP contribution in [0.5, 0.6) is 0 Å². The van der Waals surface area contributed by atoms with Gasteiger partial charge in [-0.2, -0.15) is 9.97 Å². The van der Waals surface area contributed by atoms with Gasteiger partial charge in [-0.15, -0.1) is 12.4 Å². The zero-order valence-electron chi connectivity index (χ0n) is 16.0. The topological polar surface area (TPSA) is 120 Å². The van der Waals surface area contributed by atoms with E-state index in [1.807, 2.05) is 7.05 Å². The molecular weight excluding hydrogens is 368 g/mol. The molecule has 1 aliphatic carbocycles. The maximum atomic E-state index is 10.2. The van der Waals surface area contributed by atoms with Crippen molar-refractivity contribution in [2.45, 2.75) is 51.2 Å². The molecule has 0 aliphatic heterocycles. The zero-order chi connectivity index (χ0) is 18.5. The van der Waals surface area contributed by atoms with Crippen LogP contribution in [-0.2, 0) is 0 Å². The number of aromatic nitrogens is 4. The summed E-state index contributed by atoms with van der Waals surface area (Å²) < 4.78 is 0. The van der Waals surface area contributed by atoms with Crippen molar-refractivity contribution in [1.29, 1.82) is 0 Å². The van der Waals surface area contributed by atoms with Crippen molar-refractivity contribution in [1.82, 2.24) is 19.9 Å². The first kappa shape index (κ1) is 21.2. The fourth-order valence-electron chi connectivity index (χ4n) is 3.19. The maximum absolute atomic E-state index is 10.2. The molecule has 0 bridgehead atoms. The smallest absolute Gasteiger partial charge is 0.225 e. The molecule has 1 fully saturated rings. The third-order valence-electron chi connectivity index (χ3n) is 4.59. The summed E-state index contributed by atoms with van der Waals surface area (Å²) in [4.78, 5) is 18.2. The molecule has 0 amide bonds. The van der Waals surface area contributed by atoms with Gasteiger partial charge in [0.1, 0.15) is 11.0 Å². The molecule has 1 saturated carbocycles. The number of rotatable bonds is 7. The molecule has 2 aromatic heterocycles. The van der Waals surface area contributed by atoms with Crippen LogP contribution < -0.4 is 21.3 Å². The van der Waals surface area contributed by atoms with Gasteiger partial charge < -0.3 is 26.4 Å². The van der Waals surface area contributed by atoms with Crippen molar-refractivity contribution < 1.29 is 5.11 Å². The van der Waals surface area contributed by atoms with Gasteiger partial charge in [-0.05, 0) is 19.3 Å². The summed E-state index contributed by atoms with van der Waals surface area (Å²) in [5.41, 5.74) is 1.29. The number of aliphatic hydroxyl groups excluding tert-OH is 1. The molecule has 0 unspecified atom stereocenters. The van der Waals surface area contributed by atoms with E-state index in [1.165, 1.54) is 0 Å². The van der Waals surface area contributed by atoms with Crippen LogP contribution >= 0.6 is 12.4 Å². The van der Waals surface area contributed by atoms with E-state index in [-0.39, 0.29) is 24.6 Å². The highest BCUT2D eigenvalue weighted by atomic mass is 35.5. The van der Waals surface area contributed by atoms with Crippen LogP contribution in [0.4, 0.5) is 23.5 Å². The lowest BCUT2D eigenvalue weighted by atomic mass is 9.93. The van der Waals surface area contributed by atoms with E-state index < -0.39 is 0 Å². The quantitative estimate of drug-likeness (QED) is 0.480. The molecule has 1 aliphatic rings.